The van der Waals surface area contributed by atoms with Gasteiger partial charge in [-0.1, -0.05) is 35.0 Å². The summed E-state index contributed by atoms with van der Waals surface area (Å²) >= 11 is 3.35. The summed E-state index contributed by atoms with van der Waals surface area (Å²) < 4.78 is 33.3. The minimum absolute atomic E-state index is 0.166. The van der Waals surface area contributed by atoms with E-state index in [0.717, 1.165) is 4.47 Å². The van der Waals surface area contributed by atoms with E-state index in [1.54, 1.807) is 31.2 Å². The van der Waals surface area contributed by atoms with Crippen molar-refractivity contribution in [2.75, 3.05) is 13.7 Å². The van der Waals surface area contributed by atoms with Gasteiger partial charge in [0.25, 0.3) is 0 Å². The molecule has 1 aliphatic heterocycles. The van der Waals surface area contributed by atoms with Crippen molar-refractivity contribution in [2.45, 2.75) is 52.3 Å². The van der Waals surface area contributed by atoms with Gasteiger partial charge in [0.1, 0.15) is 18.8 Å². The molecule has 0 amide bonds. The second-order valence-corrected chi connectivity index (χ2v) is 8.44. The van der Waals surface area contributed by atoms with Crippen molar-refractivity contribution in [1.29, 1.82) is 0 Å². The van der Waals surface area contributed by atoms with Crippen LogP contribution in [0.15, 0.2) is 34.5 Å². The minimum Gasteiger partial charge on any atom is -0.463 e. The molecule has 1 aromatic rings. The van der Waals surface area contributed by atoms with Crippen molar-refractivity contribution in [3.8, 4) is 0 Å². The molecule has 1 aromatic carbocycles. The molecule has 0 aromatic heterocycles. The lowest BCUT2D eigenvalue weighted by Gasteiger charge is -2.43. The molecule has 0 N–H and O–H groups in total. The fourth-order valence-corrected chi connectivity index (χ4v) is 3.55. The predicted molar refractivity (Wildman–Crippen MR) is 121 cm³/mol. The summed E-state index contributed by atoms with van der Waals surface area (Å²) in [6, 6.07) is 7.08. The van der Waals surface area contributed by atoms with E-state index in [4.69, 9.17) is 28.4 Å². The van der Waals surface area contributed by atoms with E-state index >= 15 is 0 Å². The number of hydrogen-bond acceptors (Lipinski definition) is 10. The van der Waals surface area contributed by atoms with E-state index in [1.807, 2.05) is 0 Å². The van der Waals surface area contributed by atoms with Crippen molar-refractivity contribution in [3.05, 3.63) is 40.1 Å². The van der Waals surface area contributed by atoms with Crippen LogP contribution in [-0.4, -0.2) is 62.2 Å². The third-order valence-corrected chi connectivity index (χ3v) is 5.33. The summed E-state index contributed by atoms with van der Waals surface area (Å²) in [5.74, 6) is -3.48. The Labute approximate surface area is 205 Å². The average molecular weight is 543 g/mol. The standard InChI is InChI=1S/C23H27BrO10/c1-12-20(31-14(3)26)21(32-15(4)27)19(11-30-13(2)25)34-23(12)33-18(22(28)29-5)10-16-6-8-17(24)9-7-16/h6-10,12,19-21,23H,11H2,1-5H3/b18-10-/t12-,19-,20-,21-,23-/m0/s1. The maximum Gasteiger partial charge on any atom is 0.373 e. The lowest BCUT2D eigenvalue weighted by molar-refractivity contribution is -0.279. The van der Waals surface area contributed by atoms with Gasteiger partial charge in [0.15, 0.2) is 6.10 Å². The second kappa shape index (κ2) is 12.5. The normalized spacial score (nSPS) is 24.5. The maximum absolute atomic E-state index is 12.4. The molecule has 11 heteroatoms. The van der Waals surface area contributed by atoms with Crippen LogP contribution in [0.1, 0.15) is 33.3 Å². The van der Waals surface area contributed by atoms with Gasteiger partial charge < -0.3 is 28.4 Å². The average Bonchev–Trinajstić information content (AvgIpc) is 2.76. The Kier molecular flexibility index (Phi) is 10.1. The Morgan fingerprint density at radius 1 is 0.941 bits per heavy atom. The first-order valence-electron chi connectivity index (χ1n) is 10.4. The number of carbonyl (C=O) groups excluding carboxylic acids is 4. The first-order valence-corrected chi connectivity index (χ1v) is 11.2. The van der Waals surface area contributed by atoms with Crippen LogP contribution < -0.4 is 0 Å². The molecule has 1 saturated heterocycles. The highest BCUT2D eigenvalue weighted by molar-refractivity contribution is 9.10. The SMILES string of the molecule is COC(=O)/C(=C/c1ccc(Br)cc1)O[C@H]1O[C@@H](COC(C)=O)[C@H](OC(C)=O)[C@@H](OC(C)=O)[C@@H]1C. The Bertz CT molecular complexity index is 926. The summed E-state index contributed by atoms with van der Waals surface area (Å²) in [6.07, 6.45) is -2.80. The highest BCUT2D eigenvalue weighted by atomic mass is 79.9. The zero-order valence-electron chi connectivity index (χ0n) is 19.4. The molecule has 2 rings (SSSR count). The number of ether oxygens (including phenoxy) is 6. The molecule has 0 unspecified atom stereocenters. The van der Waals surface area contributed by atoms with Crippen molar-refractivity contribution in [2.24, 2.45) is 5.92 Å². The molecular formula is C23H27BrO10. The summed E-state index contributed by atoms with van der Waals surface area (Å²) in [6.45, 7) is 4.95. The van der Waals surface area contributed by atoms with Crippen molar-refractivity contribution >= 4 is 45.9 Å². The lowest BCUT2D eigenvalue weighted by atomic mass is 9.91. The van der Waals surface area contributed by atoms with Gasteiger partial charge >= 0.3 is 23.9 Å². The van der Waals surface area contributed by atoms with Gasteiger partial charge in [0.05, 0.1) is 13.0 Å². The van der Waals surface area contributed by atoms with Crippen molar-refractivity contribution in [3.63, 3.8) is 0 Å². The predicted octanol–water partition coefficient (Wildman–Crippen LogP) is 2.77. The van der Waals surface area contributed by atoms with E-state index < -0.39 is 54.4 Å². The number of esters is 4. The van der Waals surface area contributed by atoms with E-state index in [0.29, 0.717) is 5.56 Å². The molecule has 1 aliphatic rings. The zero-order valence-corrected chi connectivity index (χ0v) is 21.0. The van der Waals surface area contributed by atoms with E-state index in [9.17, 15) is 19.2 Å². The van der Waals surface area contributed by atoms with Crippen LogP contribution in [0.2, 0.25) is 0 Å². The van der Waals surface area contributed by atoms with Crippen LogP contribution in [0.5, 0.6) is 0 Å². The van der Waals surface area contributed by atoms with E-state index in [-0.39, 0.29) is 12.4 Å². The fourth-order valence-electron chi connectivity index (χ4n) is 3.29. The highest BCUT2D eigenvalue weighted by Crippen LogP contribution is 2.33. The van der Waals surface area contributed by atoms with E-state index in [1.165, 1.54) is 34.0 Å². The van der Waals surface area contributed by atoms with Crippen molar-refractivity contribution in [1.82, 2.24) is 0 Å². The van der Waals surface area contributed by atoms with Gasteiger partial charge in [-0.15, -0.1) is 0 Å². The first-order chi connectivity index (χ1) is 16.0. The highest BCUT2D eigenvalue weighted by Gasteiger charge is 2.49. The number of benzene rings is 1. The topological polar surface area (TPSA) is 124 Å². The smallest absolute Gasteiger partial charge is 0.373 e. The molecule has 5 atom stereocenters. The molecular weight excluding hydrogens is 516 g/mol. The summed E-state index contributed by atoms with van der Waals surface area (Å²) in [7, 11) is 1.20. The van der Waals surface area contributed by atoms with Gasteiger partial charge in [-0.25, -0.2) is 4.79 Å². The number of methoxy groups -OCH3 is 1. The molecule has 0 spiro atoms. The van der Waals surface area contributed by atoms with Crippen LogP contribution in [0.4, 0.5) is 0 Å². The third-order valence-electron chi connectivity index (χ3n) is 4.80. The minimum atomic E-state index is -1.14. The number of halogens is 1. The lowest BCUT2D eigenvalue weighted by Crippen LogP contribution is -2.58. The molecule has 0 aliphatic carbocycles. The molecule has 34 heavy (non-hydrogen) atoms. The number of hydrogen-bond donors (Lipinski definition) is 0. The van der Waals surface area contributed by atoms with Gasteiger partial charge in [0.2, 0.25) is 12.0 Å². The molecule has 1 fully saturated rings. The van der Waals surface area contributed by atoms with Gasteiger partial charge in [-0.2, -0.15) is 0 Å². The molecule has 1 heterocycles. The third kappa shape index (κ3) is 7.84. The van der Waals surface area contributed by atoms with Crippen molar-refractivity contribution < 1.29 is 47.6 Å². The molecule has 0 bridgehead atoms. The maximum atomic E-state index is 12.4. The molecule has 10 nitrogen and oxygen atoms in total. The van der Waals surface area contributed by atoms with Crippen LogP contribution in [0.3, 0.4) is 0 Å². The summed E-state index contributed by atoms with van der Waals surface area (Å²) in [5, 5.41) is 0. The number of rotatable bonds is 8. The first kappa shape index (κ1) is 27.3. The van der Waals surface area contributed by atoms with Gasteiger partial charge in [-0.3, -0.25) is 14.4 Å². The van der Waals surface area contributed by atoms with E-state index in [2.05, 4.69) is 15.9 Å². The van der Waals surface area contributed by atoms with Crippen LogP contribution in [0.25, 0.3) is 6.08 Å². The monoisotopic (exact) mass is 542 g/mol. The summed E-state index contributed by atoms with van der Waals surface area (Å²) in [5.41, 5.74) is 0.651. The van der Waals surface area contributed by atoms with Crippen LogP contribution >= 0.6 is 15.9 Å². The second-order valence-electron chi connectivity index (χ2n) is 7.52. The fraction of sp³-hybridized carbons (Fsp3) is 0.478. The molecule has 0 radical (unpaired) electrons. The molecule has 186 valence electrons. The molecule has 0 saturated carbocycles. The summed E-state index contributed by atoms with van der Waals surface area (Å²) in [4.78, 5) is 47.3. The Morgan fingerprint density at radius 2 is 1.53 bits per heavy atom. The zero-order chi connectivity index (χ0) is 25.4. The quantitative estimate of drug-likeness (QED) is 0.209. The van der Waals surface area contributed by atoms with Crippen LogP contribution in [0, 0.1) is 5.92 Å². The van der Waals surface area contributed by atoms with Gasteiger partial charge in [-0.05, 0) is 23.8 Å². The number of carbonyl (C=O) groups is 4. The Morgan fingerprint density at radius 3 is 2.06 bits per heavy atom. The largest absolute Gasteiger partial charge is 0.463 e. The Balaban J connectivity index is 2.40. The van der Waals surface area contributed by atoms with Gasteiger partial charge in [0, 0.05) is 25.2 Å². The van der Waals surface area contributed by atoms with Crippen LogP contribution in [-0.2, 0) is 47.6 Å². The Hall–Kier alpha value is -2.92.